The van der Waals surface area contributed by atoms with Crippen LogP contribution in [-0.4, -0.2) is 77.4 Å². The van der Waals surface area contributed by atoms with Gasteiger partial charge in [-0.15, -0.1) is 10.2 Å². The Morgan fingerprint density at radius 2 is 1.79 bits per heavy atom. The summed E-state index contributed by atoms with van der Waals surface area (Å²) < 4.78 is 31.3. The highest BCUT2D eigenvalue weighted by Crippen LogP contribution is 2.37. The molecule has 1 aromatic carbocycles. The first-order valence-electron chi connectivity index (χ1n) is 9.68. The number of nitrogens with zero attached hydrogens (tertiary/aromatic N) is 4. The highest BCUT2D eigenvalue weighted by molar-refractivity contribution is 7.90. The van der Waals surface area contributed by atoms with Crippen LogP contribution in [0.3, 0.4) is 0 Å². The molecule has 0 unspecified atom stereocenters. The lowest BCUT2D eigenvalue weighted by molar-refractivity contribution is 0.0368. The van der Waals surface area contributed by atoms with Crippen LogP contribution in [0.5, 0.6) is 11.5 Å². The highest BCUT2D eigenvalue weighted by Gasteiger charge is 2.24. The molecule has 9 nitrogen and oxygen atoms in total. The van der Waals surface area contributed by atoms with Gasteiger partial charge < -0.3 is 14.9 Å². The Morgan fingerprint density at radius 1 is 1.10 bits per heavy atom. The van der Waals surface area contributed by atoms with Crippen molar-refractivity contribution in [1.29, 1.82) is 0 Å². The summed E-state index contributed by atoms with van der Waals surface area (Å²) in [5.41, 5.74) is 0.988. The molecule has 10 heteroatoms. The Kier molecular flexibility index (Phi) is 6.45. The quantitative estimate of drug-likeness (QED) is 0.688. The fourth-order valence-corrected chi connectivity index (χ4v) is 4.24. The van der Waals surface area contributed by atoms with E-state index < -0.39 is 9.84 Å². The van der Waals surface area contributed by atoms with Gasteiger partial charge in [-0.3, -0.25) is 9.47 Å². The molecule has 1 fully saturated rings. The van der Waals surface area contributed by atoms with Crippen LogP contribution < -0.4 is 0 Å². The average molecular weight is 425 g/mol. The van der Waals surface area contributed by atoms with Crippen molar-refractivity contribution in [3.8, 4) is 22.9 Å². The lowest BCUT2D eigenvalue weighted by atomic mass is 9.98. The van der Waals surface area contributed by atoms with Gasteiger partial charge in [-0.2, -0.15) is 0 Å². The van der Waals surface area contributed by atoms with Crippen LogP contribution in [0.1, 0.15) is 31.7 Å². The summed E-state index contributed by atoms with van der Waals surface area (Å²) in [4.78, 5) is 2.27. The van der Waals surface area contributed by atoms with Crippen LogP contribution in [0.25, 0.3) is 11.4 Å². The molecule has 0 bridgehead atoms. The Hall–Kier alpha value is -2.17. The molecule has 2 N–H and O–H groups in total. The second kappa shape index (κ2) is 8.68. The van der Waals surface area contributed by atoms with Gasteiger partial charge in [-0.05, 0) is 24.0 Å². The third-order valence-corrected chi connectivity index (χ3v) is 5.98. The van der Waals surface area contributed by atoms with Crippen LogP contribution in [0, 0.1) is 0 Å². The second-order valence-corrected chi connectivity index (χ2v) is 9.53. The maximum atomic E-state index is 12.2. The third kappa shape index (κ3) is 4.88. The number of sulfone groups is 1. The lowest BCUT2D eigenvalue weighted by Gasteiger charge is -2.26. The van der Waals surface area contributed by atoms with Crippen molar-refractivity contribution in [2.75, 3.05) is 39.1 Å². The van der Waals surface area contributed by atoms with Crippen LogP contribution in [-0.2, 0) is 21.1 Å². The number of aromatic nitrogens is 3. The minimum absolute atomic E-state index is 0.0111. The predicted molar refractivity (Wildman–Crippen MR) is 108 cm³/mol. The topological polar surface area (TPSA) is 118 Å². The van der Waals surface area contributed by atoms with Crippen LogP contribution in [0.15, 0.2) is 17.3 Å². The first kappa shape index (κ1) is 21.5. The largest absolute Gasteiger partial charge is 0.508 e. The van der Waals surface area contributed by atoms with Crippen molar-refractivity contribution in [2.45, 2.75) is 37.9 Å². The molecule has 2 aromatic rings. The zero-order chi connectivity index (χ0) is 21.2. The molecule has 160 valence electrons. The monoisotopic (exact) mass is 424 g/mol. The Bertz CT molecular complexity index is 965. The molecule has 0 saturated carbocycles. The van der Waals surface area contributed by atoms with E-state index in [-0.39, 0.29) is 28.4 Å². The molecule has 0 amide bonds. The van der Waals surface area contributed by atoms with Gasteiger partial charge in [0.25, 0.3) is 0 Å². The van der Waals surface area contributed by atoms with E-state index in [4.69, 9.17) is 4.74 Å². The normalized spacial score (nSPS) is 15.9. The summed E-state index contributed by atoms with van der Waals surface area (Å²) in [6, 6.07) is 2.90. The number of ether oxygens (including phenoxy) is 1. The van der Waals surface area contributed by atoms with E-state index in [1.807, 2.05) is 13.8 Å². The van der Waals surface area contributed by atoms with E-state index in [1.165, 1.54) is 10.6 Å². The van der Waals surface area contributed by atoms with Gasteiger partial charge >= 0.3 is 0 Å². The number of aromatic hydroxyl groups is 2. The average Bonchev–Trinajstić information content (AvgIpc) is 3.06. The molecular formula is C19H28N4O5S. The zero-order valence-corrected chi connectivity index (χ0v) is 17.8. The van der Waals surface area contributed by atoms with Gasteiger partial charge in [0, 0.05) is 38.5 Å². The predicted octanol–water partition coefficient (Wildman–Crippen LogP) is 1.61. The van der Waals surface area contributed by atoms with Gasteiger partial charge in [0.15, 0.2) is 5.82 Å². The first-order valence-corrected chi connectivity index (χ1v) is 11.6. The van der Waals surface area contributed by atoms with Crippen LogP contribution >= 0.6 is 0 Å². The molecule has 1 aromatic heterocycles. The molecule has 1 aliphatic heterocycles. The van der Waals surface area contributed by atoms with E-state index in [0.717, 1.165) is 25.9 Å². The number of phenolic OH excluding ortho intramolecular Hbond substituents is 2. The molecule has 0 spiro atoms. The summed E-state index contributed by atoms with van der Waals surface area (Å²) in [5, 5.41) is 28.3. The van der Waals surface area contributed by atoms with E-state index >= 15 is 0 Å². The van der Waals surface area contributed by atoms with Crippen LogP contribution in [0.4, 0.5) is 0 Å². The van der Waals surface area contributed by atoms with Gasteiger partial charge in [-0.25, -0.2) is 8.42 Å². The molecule has 0 radical (unpaired) electrons. The van der Waals surface area contributed by atoms with E-state index in [0.29, 0.717) is 37.3 Å². The molecule has 2 heterocycles. The van der Waals surface area contributed by atoms with Crippen molar-refractivity contribution < 1.29 is 23.4 Å². The molecular weight excluding hydrogens is 396 g/mol. The van der Waals surface area contributed by atoms with E-state index in [2.05, 4.69) is 15.1 Å². The summed E-state index contributed by atoms with van der Waals surface area (Å²) in [7, 11) is -3.60. The van der Waals surface area contributed by atoms with Gasteiger partial charge in [-0.1, -0.05) is 13.8 Å². The molecule has 29 heavy (non-hydrogen) atoms. The highest BCUT2D eigenvalue weighted by atomic mass is 32.2. The number of hydrogen-bond acceptors (Lipinski definition) is 8. The van der Waals surface area contributed by atoms with Crippen molar-refractivity contribution in [2.24, 2.45) is 0 Å². The molecule has 3 rings (SSSR count). The minimum Gasteiger partial charge on any atom is -0.508 e. The Morgan fingerprint density at radius 3 is 2.41 bits per heavy atom. The van der Waals surface area contributed by atoms with Crippen molar-refractivity contribution in [3.63, 3.8) is 0 Å². The zero-order valence-electron chi connectivity index (χ0n) is 17.0. The number of benzene rings is 1. The lowest BCUT2D eigenvalue weighted by Crippen LogP contribution is -2.37. The van der Waals surface area contributed by atoms with Gasteiger partial charge in [0.2, 0.25) is 15.0 Å². The van der Waals surface area contributed by atoms with Crippen molar-refractivity contribution >= 4 is 9.84 Å². The van der Waals surface area contributed by atoms with Gasteiger partial charge in [0.1, 0.15) is 11.5 Å². The molecule has 0 atom stereocenters. The van der Waals surface area contributed by atoms with E-state index in [1.54, 1.807) is 6.07 Å². The summed E-state index contributed by atoms with van der Waals surface area (Å²) >= 11 is 0. The number of hydrogen-bond donors (Lipinski definition) is 2. The summed E-state index contributed by atoms with van der Waals surface area (Å²) in [6.07, 6.45) is 1.79. The molecule has 1 saturated heterocycles. The number of morpholine rings is 1. The Labute approximate surface area is 170 Å². The van der Waals surface area contributed by atoms with Crippen molar-refractivity contribution in [3.05, 3.63) is 17.7 Å². The third-order valence-electron chi connectivity index (χ3n) is 5.02. The fraction of sp³-hybridized carbons (Fsp3) is 0.579. The van der Waals surface area contributed by atoms with Gasteiger partial charge in [0.05, 0.1) is 18.8 Å². The number of phenols is 2. The molecule has 1 aliphatic rings. The smallest absolute Gasteiger partial charge is 0.249 e. The van der Waals surface area contributed by atoms with Crippen LogP contribution in [0.2, 0.25) is 0 Å². The standard InChI is InChI=1S/C19H28N4O5S/c1-13(2)14-11-15(17(25)12-16(14)24)18-20-21-19(29(3,26)27)23(18)6-4-5-22-7-9-28-10-8-22/h11-13,24-25H,4-10H2,1-3H3. The van der Waals surface area contributed by atoms with Crippen molar-refractivity contribution in [1.82, 2.24) is 19.7 Å². The SMILES string of the molecule is CC(C)c1cc(-c2nnc(S(C)(=O)=O)n2CCCN2CCOCC2)c(O)cc1O. The second-order valence-electron chi connectivity index (χ2n) is 7.62. The fourth-order valence-electron chi connectivity index (χ4n) is 3.48. The number of rotatable bonds is 7. The maximum Gasteiger partial charge on any atom is 0.249 e. The minimum atomic E-state index is -3.60. The molecule has 0 aliphatic carbocycles. The van der Waals surface area contributed by atoms with E-state index in [9.17, 15) is 18.6 Å². The summed E-state index contributed by atoms with van der Waals surface area (Å²) in [6.45, 7) is 8.13. The summed E-state index contributed by atoms with van der Waals surface area (Å²) in [5.74, 6) is 0.102. The Balaban J connectivity index is 1.95. The first-order chi connectivity index (χ1) is 13.7. The maximum absolute atomic E-state index is 12.2.